The van der Waals surface area contributed by atoms with Gasteiger partial charge in [-0.15, -0.1) is 0 Å². The number of esters is 1. The van der Waals surface area contributed by atoms with Crippen LogP contribution in [0, 0.1) is 12.8 Å². The van der Waals surface area contributed by atoms with Crippen LogP contribution in [0.1, 0.15) is 50.8 Å². The van der Waals surface area contributed by atoms with E-state index in [0.717, 1.165) is 29.9 Å². The van der Waals surface area contributed by atoms with Crippen molar-refractivity contribution in [2.75, 3.05) is 45.4 Å². The molecule has 40 heavy (non-hydrogen) atoms. The van der Waals surface area contributed by atoms with Gasteiger partial charge in [0.05, 0.1) is 38.5 Å². The Morgan fingerprint density at radius 1 is 1.25 bits per heavy atom. The molecule has 2 rings (SSSR count). The van der Waals surface area contributed by atoms with Crippen molar-refractivity contribution in [3.05, 3.63) is 65.4 Å². The number of aliphatic imine (C=N–C) groups is 1. The molecular weight excluding hydrogens is 508 g/mol. The van der Waals surface area contributed by atoms with Crippen molar-refractivity contribution in [2.45, 2.75) is 52.6 Å². The van der Waals surface area contributed by atoms with E-state index in [9.17, 15) is 14.4 Å². The summed E-state index contributed by atoms with van der Waals surface area (Å²) in [5, 5.41) is 3.05. The number of anilines is 1. The van der Waals surface area contributed by atoms with Crippen LogP contribution in [0.5, 0.6) is 0 Å². The lowest BCUT2D eigenvalue weighted by molar-refractivity contribution is -0.142. The zero-order valence-electron chi connectivity index (χ0n) is 24.7. The summed E-state index contributed by atoms with van der Waals surface area (Å²) in [7, 11) is 2.93. The van der Waals surface area contributed by atoms with Gasteiger partial charge >= 0.3 is 5.97 Å². The van der Waals surface area contributed by atoms with Gasteiger partial charge in [-0.05, 0) is 56.2 Å². The number of carbonyl (C=O) groups is 3. The Balaban J connectivity index is 2.42. The molecule has 1 aromatic rings. The van der Waals surface area contributed by atoms with Crippen molar-refractivity contribution in [3.63, 3.8) is 0 Å². The second-order valence-electron chi connectivity index (χ2n) is 10.3. The SMILES string of the molecule is C=C/C=C\C(N=C)=C(/C)C(=O)N(C)[C@@H](CC(C)C)C(=O)NC(CC(=O)OC)c1ccc(C)c(N2CCOCC2)c1. The van der Waals surface area contributed by atoms with Gasteiger partial charge in [0.1, 0.15) is 6.04 Å². The third-order valence-electron chi connectivity index (χ3n) is 6.95. The fraction of sp³-hybridized carbons (Fsp3) is 0.484. The van der Waals surface area contributed by atoms with Gasteiger partial charge in [0.2, 0.25) is 5.91 Å². The monoisotopic (exact) mass is 552 g/mol. The Morgan fingerprint density at radius 2 is 1.93 bits per heavy atom. The molecule has 1 unspecified atom stereocenters. The number of carbonyl (C=O) groups excluding carboxylic acids is 3. The van der Waals surface area contributed by atoms with E-state index in [1.165, 1.54) is 12.0 Å². The molecule has 2 atom stereocenters. The van der Waals surface area contributed by atoms with E-state index < -0.39 is 18.1 Å². The standard InChI is InChI=1S/C31H44N4O5/c1-9-10-11-25(32-6)23(5)31(38)34(7)28(18-21(2)3)30(37)33-26(20-29(36)39-8)24-13-12-22(4)27(19-24)35-14-16-40-17-15-35/h9-13,19,21,26,28H,1,6,14-18,20H2,2-5,7-8H3,(H,33,37)/b11-10-,25-23-/t26?,28-/m0/s1. The number of methoxy groups -OCH3 is 1. The second kappa shape index (κ2) is 15.8. The van der Waals surface area contributed by atoms with Crippen LogP contribution in [-0.4, -0.2) is 75.9 Å². The Bertz CT molecular complexity index is 1130. The van der Waals surface area contributed by atoms with Crippen molar-refractivity contribution in [2.24, 2.45) is 10.9 Å². The Labute approximate surface area is 238 Å². The molecule has 1 saturated heterocycles. The summed E-state index contributed by atoms with van der Waals surface area (Å²) in [4.78, 5) is 47.3. The molecule has 9 heteroatoms. The van der Waals surface area contributed by atoms with Crippen molar-refractivity contribution < 1.29 is 23.9 Å². The van der Waals surface area contributed by atoms with Crippen LogP contribution in [0.2, 0.25) is 0 Å². The summed E-state index contributed by atoms with van der Waals surface area (Å²) >= 11 is 0. The van der Waals surface area contributed by atoms with Crippen molar-refractivity contribution in [3.8, 4) is 0 Å². The van der Waals surface area contributed by atoms with Crippen LogP contribution in [0.4, 0.5) is 5.69 Å². The van der Waals surface area contributed by atoms with Gasteiger partial charge in [-0.3, -0.25) is 19.4 Å². The maximum absolute atomic E-state index is 13.8. The van der Waals surface area contributed by atoms with E-state index >= 15 is 0 Å². The van der Waals surface area contributed by atoms with Crippen LogP contribution in [0.25, 0.3) is 0 Å². The molecule has 218 valence electrons. The largest absolute Gasteiger partial charge is 0.469 e. The van der Waals surface area contributed by atoms with Gasteiger partial charge in [0.25, 0.3) is 5.91 Å². The van der Waals surface area contributed by atoms with Crippen molar-refractivity contribution in [1.29, 1.82) is 0 Å². The molecule has 2 amide bonds. The molecule has 1 aliphatic rings. The molecule has 9 nitrogen and oxygen atoms in total. The average molecular weight is 553 g/mol. The normalized spacial score (nSPS) is 15.7. The minimum absolute atomic E-state index is 0.0459. The molecule has 1 aromatic carbocycles. The highest BCUT2D eigenvalue weighted by Gasteiger charge is 2.31. The number of allylic oxidation sites excluding steroid dienone is 3. The number of rotatable bonds is 13. The number of hydrogen-bond acceptors (Lipinski definition) is 7. The van der Waals surface area contributed by atoms with Crippen LogP contribution in [0.3, 0.4) is 0 Å². The minimum Gasteiger partial charge on any atom is -0.469 e. The molecule has 0 spiro atoms. The Hall–Kier alpha value is -3.72. The number of aryl methyl sites for hydroxylation is 1. The van der Waals surface area contributed by atoms with Gasteiger partial charge in [0, 0.05) is 31.4 Å². The molecule has 0 radical (unpaired) electrons. The lowest BCUT2D eigenvalue weighted by Crippen LogP contribution is -2.49. The Kier molecular flexibility index (Phi) is 12.8. The lowest BCUT2D eigenvalue weighted by atomic mass is 9.97. The summed E-state index contributed by atoms with van der Waals surface area (Å²) in [5.74, 6) is -1.02. The summed E-state index contributed by atoms with van der Waals surface area (Å²) in [6.45, 7) is 17.7. The molecule has 1 N–H and O–H groups in total. The van der Waals surface area contributed by atoms with Crippen LogP contribution in [0.15, 0.2) is 59.3 Å². The summed E-state index contributed by atoms with van der Waals surface area (Å²) in [6, 6.07) is 4.51. The molecular formula is C31H44N4O5. The maximum Gasteiger partial charge on any atom is 0.307 e. The smallest absolute Gasteiger partial charge is 0.307 e. The fourth-order valence-corrected chi connectivity index (χ4v) is 4.62. The Morgan fingerprint density at radius 3 is 2.50 bits per heavy atom. The highest BCUT2D eigenvalue weighted by Crippen LogP contribution is 2.28. The molecule has 1 heterocycles. The van der Waals surface area contributed by atoms with E-state index in [4.69, 9.17) is 9.47 Å². The lowest BCUT2D eigenvalue weighted by Gasteiger charge is -2.32. The van der Waals surface area contributed by atoms with Crippen LogP contribution in [-0.2, 0) is 23.9 Å². The minimum atomic E-state index is -0.777. The predicted molar refractivity (Wildman–Crippen MR) is 159 cm³/mol. The van der Waals surface area contributed by atoms with E-state index in [1.807, 2.05) is 39.0 Å². The maximum atomic E-state index is 13.8. The van der Waals surface area contributed by atoms with Crippen molar-refractivity contribution in [1.82, 2.24) is 10.2 Å². The number of amides is 2. The number of ether oxygens (including phenoxy) is 2. The van der Waals surface area contributed by atoms with Gasteiger partial charge in [-0.25, -0.2) is 0 Å². The van der Waals surface area contributed by atoms with E-state index in [2.05, 4.69) is 28.5 Å². The quantitative estimate of drug-likeness (QED) is 0.171. The summed E-state index contributed by atoms with van der Waals surface area (Å²) < 4.78 is 10.5. The third kappa shape index (κ3) is 8.91. The molecule has 0 bridgehead atoms. The first-order valence-electron chi connectivity index (χ1n) is 13.6. The molecule has 0 aromatic heterocycles. The fourth-order valence-electron chi connectivity index (χ4n) is 4.62. The van der Waals surface area contributed by atoms with Crippen LogP contribution < -0.4 is 10.2 Å². The number of likely N-dealkylation sites (N-methyl/N-ethyl adjacent to an activating group) is 1. The first-order chi connectivity index (χ1) is 19.0. The number of nitrogens with zero attached hydrogens (tertiary/aromatic N) is 3. The zero-order valence-corrected chi connectivity index (χ0v) is 24.7. The molecule has 0 saturated carbocycles. The number of hydrogen-bond donors (Lipinski definition) is 1. The molecule has 0 aliphatic carbocycles. The first kappa shape index (κ1) is 32.5. The summed E-state index contributed by atoms with van der Waals surface area (Å²) in [5.41, 5.74) is 3.67. The highest BCUT2D eigenvalue weighted by atomic mass is 16.5. The molecule has 1 fully saturated rings. The highest BCUT2D eigenvalue weighted by molar-refractivity contribution is 5.97. The number of morpholine rings is 1. The molecule has 1 aliphatic heterocycles. The van der Waals surface area contributed by atoms with Gasteiger partial charge in [-0.2, -0.15) is 0 Å². The second-order valence-corrected chi connectivity index (χ2v) is 10.3. The van der Waals surface area contributed by atoms with Gasteiger partial charge < -0.3 is 24.6 Å². The summed E-state index contributed by atoms with van der Waals surface area (Å²) in [6.07, 6.45) is 5.28. The van der Waals surface area contributed by atoms with Crippen LogP contribution >= 0.6 is 0 Å². The van der Waals surface area contributed by atoms with E-state index in [0.29, 0.717) is 30.9 Å². The predicted octanol–water partition coefficient (Wildman–Crippen LogP) is 4.14. The third-order valence-corrected chi connectivity index (χ3v) is 6.95. The zero-order chi connectivity index (χ0) is 29.8. The number of benzene rings is 1. The van der Waals surface area contributed by atoms with E-state index in [-0.39, 0.29) is 24.2 Å². The van der Waals surface area contributed by atoms with Crippen molar-refractivity contribution >= 4 is 30.2 Å². The number of nitrogens with one attached hydrogen (secondary N) is 1. The first-order valence-corrected chi connectivity index (χ1v) is 13.6. The topological polar surface area (TPSA) is 101 Å². The van der Waals surface area contributed by atoms with E-state index in [1.54, 1.807) is 32.2 Å². The van der Waals surface area contributed by atoms with Gasteiger partial charge in [-0.1, -0.05) is 44.7 Å². The average Bonchev–Trinajstić information content (AvgIpc) is 2.95. The van der Waals surface area contributed by atoms with Gasteiger partial charge in [0.15, 0.2) is 0 Å².